The quantitative estimate of drug-likeness (QED) is 0.605. The van der Waals surface area contributed by atoms with E-state index in [2.05, 4.69) is 22.4 Å². The van der Waals surface area contributed by atoms with Gasteiger partial charge < -0.3 is 24.4 Å². The van der Waals surface area contributed by atoms with Crippen molar-refractivity contribution in [3.8, 4) is 0 Å². The molecule has 1 aromatic carbocycles. The van der Waals surface area contributed by atoms with Crippen molar-refractivity contribution in [2.45, 2.75) is 70.0 Å². The third-order valence-corrected chi connectivity index (χ3v) is 8.48. The Hall–Kier alpha value is -2.19. The highest BCUT2D eigenvalue weighted by Gasteiger charge is 2.34. The maximum atomic E-state index is 13.5. The van der Waals surface area contributed by atoms with Gasteiger partial charge in [-0.1, -0.05) is 36.8 Å². The SMILES string of the molecule is O=C(C1=C[C@@H](c2cccs2)C[C@@H](OCc2ccc(CO)cc2)O1)N1CCC(N2CCCCC2)CC1. The minimum atomic E-state index is -0.477. The van der Waals surface area contributed by atoms with Crippen LogP contribution in [0.3, 0.4) is 0 Å². The van der Waals surface area contributed by atoms with E-state index in [9.17, 15) is 9.90 Å². The lowest BCUT2D eigenvalue weighted by Gasteiger charge is -2.40. The van der Waals surface area contributed by atoms with Crippen LogP contribution < -0.4 is 0 Å². The van der Waals surface area contributed by atoms with E-state index in [4.69, 9.17) is 9.47 Å². The van der Waals surface area contributed by atoms with Crippen LogP contribution in [0, 0.1) is 0 Å². The first-order valence-electron chi connectivity index (χ1n) is 12.9. The van der Waals surface area contributed by atoms with E-state index in [1.54, 1.807) is 11.3 Å². The van der Waals surface area contributed by atoms with E-state index < -0.39 is 6.29 Å². The second-order valence-corrected chi connectivity index (χ2v) is 10.8. The minimum Gasteiger partial charge on any atom is -0.459 e. The predicted octanol–water partition coefficient (Wildman–Crippen LogP) is 4.65. The number of likely N-dealkylation sites (tertiary alicyclic amines) is 2. The molecule has 4 heterocycles. The normalized spacial score (nSPS) is 24.1. The maximum Gasteiger partial charge on any atom is 0.288 e. The molecule has 35 heavy (non-hydrogen) atoms. The van der Waals surface area contributed by atoms with Gasteiger partial charge in [-0.05, 0) is 67.4 Å². The summed E-state index contributed by atoms with van der Waals surface area (Å²) in [4.78, 5) is 19.3. The molecule has 3 aliphatic rings. The lowest BCUT2D eigenvalue weighted by atomic mass is 9.98. The van der Waals surface area contributed by atoms with Gasteiger partial charge in [-0.25, -0.2) is 0 Å². The van der Waals surface area contributed by atoms with Crippen molar-refractivity contribution >= 4 is 17.2 Å². The van der Waals surface area contributed by atoms with Crippen molar-refractivity contribution in [3.63, 3.8) is 0 Å². The van der Waals surface area contributed by atoms with Gasteiger partial charge in [0.1, 0.15) is 0 Å². The van der Waals surface area contributed by atoms with Gasteiger partial charge in [-0.2, -0.15) is 0 Å². The Balaban J connectivity index is 1.22. The molecular formula is C28H36N2O4S. The largest absolute Gasteiger partial charge is 0.459 e. The average molecular weight is 497 g/mol. The van der Waals surface area contributed by atoms with E-state index in [0.29, 0.717) is 24.8 Å². The number of ether oxygens (including phenoxy) is 2. The molecule has 0 aliphatic carbocycles. The van der Waals surface area contributed by atoms with Gasteiger partial charge in [0.2, 0.25) is 6.29 Å². The highest BCUT2D eigenvalue weighted by Crippen LogP contribution is 2.35. The summed E-state index contributed by atoms with van der Waals surface area (Å²) in [7, 11) is 0. The lowest BCUT2D eigenvalue weighted by Crippen LogP contribution is -2.49. The van der Waals surface area contributed by atoms with Crippen LogP contribution in [0.4, 0.5) is 0 Å². The molecule has 0 radical (unpaired) electrons. The number of rotatable bonds is 7. The highest BCUT2D eigenvalue weighted by atomic mass is 32.1. The predicted molar refractivity (Wildman–Crippen MR) is 137 cm³/mol. The van der Waals surface area contributed by atoms with Gasteiger partial charge in [0.15, 0.2) is 5.76 Å². The molecule has 2 atom stereocenters. The third kappa shape index (κ3) is 6.15. The number of aliphatic hydroxyl groups excluding tert-OH is 1. The number of carbonyl (C=O) groups is 1. The summed E-state index contributed by atoms with van der Waals surface area (Å²) in [5, 5.41) is 11.3. The molecule has 5 rings (SSSR count). The van der Waals surface area contributed by atoms with Crippen molar-refractivity contribution in [2.24, 2.45) is 0 Å². The number of thiophene rings is 1. The zero-order chi connectivity index (χ0) is 24.0. The van der Waals surface area contributed by atoms with Crippen molar-refractivity contribution in [2.75, 3.05) is 26.2 Å². The number of benzene rings is 1. The Morgan fingerprint density at radius 1 is 1.03 bits per heavy atom. The fraction of sp³-hybridized carbons (Fsp3) is 0.536. The van der Waals surface area contributed by atoms with Crippen molar-refractivity contribution in [3.05, 3.63) is 69.6 Å². The summed E-state index contributed by atoms with van der Waals surface area (Å²) in [6.45, 7) is 4.41. The summed E-state index contributed by atoms with van der Waals surface area (Å²) < 4.78 is 12.3. The highest BCUT2D eigenvalue weighted by molar-refractivity contribution is 7.10. The summed E-state index contributed by atoms with van der Waals surface area (Å²) in [6, 6.07) is 12.5. The Kier molecular flexibility index (Phi) is 8.19. The fourth-order valence-electron chi connectivity index (χ4n) is 5.41. The smallest absolute Gasteiger partial charge is 0.288 e. The van der Waals surface area contributed by atoms with Gasteiger partial charge in [0.25, 0.3) is 5.91 Å². The summed E-state index contributed by atoms with van der Waals surface area (Å²) in [6.07, 6.45) is 8.24. The van der Waals surface area contributed by atoms with Crippen molar-refractivity contribution in [1.82, 2.24) is 9.80 Å². The van der Waals surface area contributed by atoms with E-state index in [-0.39, 0.29) is 18.4 Å². The Labute approximate surface area is 212 Å². The van der Waals surface area contributed by atoms with E-state index in [1.807, 2.05) is 35.2 Å². The van der Waals surface area contributed by atoms with Crippen LogP contribution in [0.2, 0.25) is 0 Å². The molecule has 0 unspecified atom stereocenters. The second kappa shape index (κ2) is 11.7. The lowest BCUT2D eigenvalue weighted by molar-refractivity contribution is -0.156. The number of hydrogen-bond acceptors (Lipinski definition) is 6. The molecule has 0 bridgehead atoms. The zero-order valence-corrected chi connectivity index (χ0v) is 21.1. The fourth-order valence-corrected chi connectivity index (χ4v) is 6.23. The average Bonchev–Trinajstić information content (AvgIpc) is 3.48. The first kappa shape index (κ1) is 24.5. The Bertz CT molecular complexity index is 977. The molecule has 2 saturated heterocycles. The molecule has 0 spiro atoms. The van der Waals surface area contributed by atoms with Crippen LogP contribution >= 0.6 is 11.3 Å². The molecule has 1 N–H and O–H groups in total. The molecule has 1 amide bonds. The van der Waals surface area contributed by atoms with Gasteiger partial charge in [0, 0.05) is 36.3 Å². The monoisotopic (exact) mass is 496 g/mol. The molecule has 7 heteroatoms. The Morgan fingerprint density at radius 3 is 2.46 bits per heavy atom. The maximum absolute atomic E-state index is 13.5. The number of hydrogen-bond donors (Lipinski definition) is 1. The summed E-state index contributed by atoms with van der Waals surface area (Å²) in [5.74, 6) is 0.520. The number of amides is 1. The van der Waals surface area contributed by atoms with Crippen LogP contribution in [0.15, 0.2) is 53.6 Å². The molecule has 0 saturated carbocycles. The van der Waals surface area contributed by atoms with E-state index in [0.717, 1.165) is 37.1 Å². The van der Waals surface area contributed by atoms with Crippen LogP contribution in [-0.2, 0) is 27.5 Å². The van der Waals surface area contributed by atoms with Gasteiger partial charge in [-0.15, -0.1) is 11.3 Å². The van der Waals surface area contributed by atoms with Gasteiger partial charge >= 0.3 is 0 Å². The molecule has 1 aromatic heterocycles. The molecule has 188 valence electrons. The second-order valence-electron chi connectivity index (χ2n) is 9.84. The van der Waals surface area contributed by atoms with E-state index >= 15 is 0 Å². The van der Waals surface area contributed by atoms with Crippen molar-refractivity contribution < 1.29 is 19.4 Å². The summed E-state index contributed by atoms with van der Waals surface area (Å²) in [5.41, 5.74) is 1.89. The molecule has 3 aliphatic heterocycles. The van der Waals surface area contributed by atoms with Crippen LogP contribution in [-0.4, -0.2) is 59.3 Å². The van der Waals surface area contributed by atoms with Crippen LogP contribution in [0.25, 0.3) is 0 Å². The third-order valence-electron chi connectivity index (χ3n) is 7.48. The molecular weight excluding hydrogens is 460 g/mol. The standard InChI is InChI=1S/C28H36N2O4S/c31-19-21-6-8-22(9-7-21)20-33-27-18-23(26-5-4-16-35-26)17-25(34-27)28(32)30-14-10-24(11-15-30)29-12-2-1-3-13-29/h4-9,16-17,23-24,27,31H,1-3,10-15,18-20H2/t23-,27+/m1/s1. The first-order valence-corrected chi connectivity index (χ1v) is 13.8. The minimum absolute atomic E-state index is 0.00995. The number of carbonyl (C=O) groups excluding carboxylic acids is 1. The number of piperidine rings is 2. The van der Waals surface area contributed by atoms with Gasteiger partial charge in [-0.3, -0.25) is 4.79 Å². The van der Waals surface area contributed by atoms with E-state index in [1.165, 1.54) is 37.2 Å². The number of nitrogens with zero attached hydrogens (tertiary/aromatic N) is 2. The number of allylic oxidation sites excluding steroid dienone is 1. The number of aliphatic hydroxyl groups is 1. The van der Waals surface area contributed by atoms with Gasteiger partial charge in [0.05, 0.1) is 13.2 Å². The van der Waals surface area contributed by atoms with Crippen molar-refractivity contribution in [1.29, 1.82) is 0 Å². The van der Waals surface area contributed by atoms with Crippen LogP contribution in [0.1, 0.15) is 60.4 Å². The summed E-state index contributed by atoms with van der Waals surface area (Å²) >= 11 is 1.71. The zero-order valence-electron chi connectivity index (χ0n) is 20.3. The molecule has 6 nitrogen and oxygen atoms in total. The molecule has 2 fully saturated rings. The van der Waals surface area contributed by atoms with Crippen LogP contribution in [0.5, 0.6) is 0 Å². The first-order chi connectivity index (χ1) is 17.2. The molecule has 2 aromatic rings. The Morgan fingerprint density at radius 2 is 1.77 bits per heavy atom. The topological polar surface area (TPSA) is 62.2 Å².